The predicted octanol–water partition coefficient (Wildman–Crippen LogP) is 2.97. The van der Waals surface area contributed by atoms with Gasteiger partial charge in [-0.15, -0.1) is 0 Å². The monoisotopic (exact) mass is 361 g/mol. The van der Waals surface area contributed by atoms with Gasteiger partial charge in [-0.2, -0.15) is 0 Å². The Hall–Kier alpha value is -0.680. The number of rotatable bonds is 4. The van der Waals surface area contributed by atoms with Gasteiger partial charge in [0.15, 0.2) is 10.6 Å². The molecule has 0 radical (unpaired) electrons. The highest BCUT2D eigenvalue weighted by molar-refractivity contribution is 9.10. The van der Waals surface area contributed by atoms with Crippen molar-refractivity contribution in [1.29, 1.82) is 0 Å². The fraction of sp³-hybridized carbons (Fsp3) is 0.333. The van der Waals surface area contributed by atoms with E-state index in [1.807, 2.05) is 32.0 Å². The van der Waals surface area contributed by atoms with Gasteiger partial charge in [-0.05, 0) is 25.5 Å². The average molecular weight is 363 g/mol. The Morgan fingerprint density at radius 1 is 1.35 bits per heavy atom. The van der Waals surface area contributed by atoms with Gasteiger partial charge < -0.3 is 5.32 Å². The number of aryl methyl sites for hydroxylation is 2. The molecule has 1 aromatic rings. The third-order valence-corrected chi connectivity index (χ3v) is 3.76. The van der Waals surface area contributed by atoms with Gasteiger partial charge in [-0.1, -0.05) is 49.6 Å². The predicted molar refractivity (Wildman–Crippen MR) is 76.1 cm³/mol. The molecule has 0 heterocycles. The summed E-state index contributed by atoms with van der Waals surface area (Å²) >= 11 is 6.11. The van der Waals surface area contributed by atoms with Crippen molar-refractivity contribution in [3.8, 4) is 0 Å². The van der Waals surface area contributed by atoms with Crippen molar-refractivity contribution in [2.45, 2.75) is 18.7 Å². The van der Waals surface area contributed by atoms with E-state index in [0.29, 0.717) is 0 Å². The van der Waals surface area contributed by atoms with E-state index in [1.54, 1.807) is 0 Å². The first-order valence-electron chi connectivity index (χ1n) is 5.06. The summed E-state index contributed by atoms with van der Waals surface area (Å²) in [6, 6.07) is 5.73. The number of Topliss-reactive ketones (excluding diaryl/α,β-unsaturated/α-hetero) is 1. The van der Waals surface area contributed by atoms with Gasteiger partial charge in [0.05, 0.1) is 5.33 Å². The van der Waals surface area contributed by atoms with E-state index >= 15 is 0 Å². The van der Waals surface area contributed by atoms with Gasteiger partial charge in [0.25, 0.3) is 0 Å². The fourth-order valence-electron chi connectivity index (χ4n) is 1.36. The minimum Gasteiger partial charge on any atom is -0.324 e. The van der Waals surface area contributed by atoms with Crippen LogP contribution in [0.4, 0.5) is 5.69 Å². The summed E-state index contributed by atoms with van der Waals surface area (Å²) in [5.74, 6) is -0.548. The molecule has 0 aromatic heterocycles. The van der Waals surface area contributed by atoms with E-state index in [-0.39, 0.29) is 17.0 Å². The lowest BCUT2D eigenvalue weighted by Crippen LogP contribution is -2.31. The number of hydrogen-bond donors (Lipinski definition) is 1. The number of anilines is 1. The summed E-state index contributed by atoms with van der Waals surface area (Å²) in [4.78, 5) is 22.3. The molecule has 0 spiro atoms. The lowest BCUT2D eigenvalue weighted by Gasteiger charge is -2.11. The molecule has 1 aromatic carbocycles. The maximum atomic E-state index is 11.8. The zero-order valence-corrected chi connectivity index (χ0v) is 12.8. The van der Waals surface area contributed by atoms with E-state index in [2.05, 4.69) is 37.2 Å². The minimum absolute atomic E-state index is 0.156. The minimum atomic E-state index is -0.817. The van der Waals surface area contributed by atoms with Crippen LogP contribution in [0.3, 0.4) is 0 Å². The number of ketones is 1. The van der Waals surface area contributed by atoms with E-state index in [0.717, 1.165) is 16.8 Å². The van der Waals surface area contributed by atoms with E-state index < -0.39 is 4.83 Å². The van der Waals surface area contributed by atoms with Crippen LogP contribution in [-0.2, 0) is 9.59 Å². The van der Waals surface area contributed by atoms with Crippen LogP contribution < -0.4 is 5.32 Å². The quantitative estimate of drug-likeness (QED) is 0.661. The van der Waals surface area contributed by atoms with Crippen LogP contribution in [0.2, 0.25) is 0 Å². The topological polar surface area (TPSA) is 46.2 Å². The number of carbonyl (C=O) groups excluding carboxylic acids is 2. The molecule has 0 aliphatic rings. The Kier molecular flexibility index (Phi) is 5.33. The van der Waals surface area contributed by atoms with Crippen LogP contribution in [0.1, 0.15) is 11.1 Å². The highest BCUT2D eigenvalue weighted by Crippen LogP contribution is 2.17. The molecule has 3 nitrogen and oxygen atoms in total. The molecule has 0 aliphatic heterocycles. The maximum absolute atomic E-state index is 11.8. The van der Waals surface area contributed by atoms with Crippen molar-refractivity contribution in [3.63, 3.8) is 0 Å². The second-order valence-corrected chi connectivity index (χ2v) is 5.25. The third-order valence-electron chi connectivity index (χ3n) is 2.28. The molecular weight excluding hydrogens is 350 g/mol. The van der Waals surface area contributed by atoms with Gasteiger partial charge in [0, 0.05) is 5.69 Å². The number of amides is 1. The Balaban J connectivity index is 2.78. The Bertz CT molecular complexity index is 446. The van der Waals surface area contributed by atoms with Crippen molar-refractivity contribution < 1.29 is 9.59 Å². The Morgan fingerprint density at radius 3 is 2.53 bits per heavy atom. The van der Waals surface area contributed by atoms with Crippen molar-refractivity contribution in [2.75, 3.05) is 10.6 Å². The van der Waals surface area contributed by atoms with E-state index in [1.165, 1.54) is 0 Å². The van der Waals surface area contributed by atoms with Crippen LogP contribution in [0.15, 0.2) is 18.2 Å². The van der Waals surface area contributed by atoms with Crippen LogP contribution in [0.5, 0.6) is 0 Å². The fourth-order valence-corrected chi connectivity index (χ4v) is 2.40. The average Bonchev–Trinajstić information content (AvgIpc) is 2.30. The largest absolute Gasteiger partial charge is 0.324 e. The van der Waals surface area contributed by atoms with Gasteiger partial charge >= 0.3 is 0 Å². The van der Waals surface area contributed by atoms with Gasteiger partial charge in [-0.3, -0.25) is 9.59 Å². The van der Waals surface area contributed by atoms with Gasteiger partial charge in [-0.25, -0.2) is 0 Å². The van der Waals surface area contributed by atoms with E-state index in [4.69, 9.17) is 0 Å². The molecule has 5 heteroatoms. The third kappa shape index (κ3) is 3.92. The number of carbonyl (C=O) groups is 2. The highest BCUT2D eigenvalue weighted by atomic mass is 79.9. The molecule has 1 unspecified atom stereocenters. The van der Waals surface area contributed by atoms with Crippen LogP contribution in [0.25, 0.3) is 0 Å². The molecule has 1 atom stereocenters. The van der Waals surface area contributed by atoms with E-state index in [9.17, 15) is 9.59 Å². The summed E-state index contributed by atoms with van der Waals surface area (Å²) in [7, 11) is 0. The van der Waals surface area contributed by atoms with Crippen molar-refractivity contribution in [2.24, 2.45) is 0 Å². The summed E-state index contributed by atoms with van der Waals surface area (Å²) in [6.07, 6.45) is 0. The number of nitrogens with one attached hydrogen (secondary N) is 1. The Labute approximate surface area is 117 Å². The lowest BCUT2D eigenvalue weighted by molar-refractivity contribution is -0.123. The second kappa shape index (κ2) is 6.31. The number of alkyl halides is 2. The normalized spacial score (nSPS) is 12.0. The lowest BCUT2D eigenvalue weighted by atomic mass is 10.1. The molecule has 1 amide bonds. The van der Waals surface area contributed by atoms with Crippen LogP contribution >= 0.6 is 31.9 Å². The molecule has 1 rings (SSSR count). The van der Waals surface area contributed by atoms with Crippen molar-refractivity contribution in [3.05, 3.63) is 29.3 Å². The molecule has 92 valence electrons. The summed E-state index contributed by atoms with van der Waals surface area (Å²) in [6.45, 7) is 3.90. The summed E-state index contributed by atoms with van der Waals surface area (Å²) < 4.78 is 0. The standard InChI is InChI=1S/C12H13Br2NO2/c1-7-3-4-9(8(2)5-7)15-12(17)11(14)10(16)6-13/h3-5,11H,6H2,1-2H3,(H,15,17). The Morgan fingerprint density at radius 2 is 2.00 bits per heavy atom. The molecule has 17 heavy (non-hydrogen) atoms. The first-order valence-corrected chi connectivity index (χ1v) is 7.10. The van der Waals surface area contributed by atoms with Crippen LogP contribution in [0, 0.1) is 13.8 Å². The molecular formula is C12H13Br2NO2. The molecule has 0 saturated heterocycles. The van der Waals surface area contributed by atoms with Gasteiger partial charge in [0.1, 0.15) is 0 Å². The van der Waals surface area contributed by atoms with Crippen molar-refractivity contribution >= 4 is 49.2 Å². The number of benzene rings is 1. The number of hydrogen-bond acceptors (Lipinski definition) is 2. The van der Waals surface area contributed by atoms with Crippen molar-refractivity contribution in [1.82, 2.24) is 0 Å². The molecule has 0 bridgehead atoms. The maximum Gasteiger partial charge on any atom is 0.245 e. The molecule has 0 saturated carbocycles. The smallest absolute Gasteiger partial charge is 0.245 e. The summed E-state index contributed by atoms with van der Waals surface area (Å²) in [5.41, 5.74) is 2.84. The second-order valence-electron chi connectivity index (χ2n) is 3.77. The van der Waals surface area contributed by atoms with Gasteiger partial charge in [0.2, 0.25) is 5.91 Å². The SMILES string of the molecule is Cc1ccc(NC(=O)C(Br)C(=O)CBr)c(C)c1. The van der Waals surface area contributed by atoms with Crippen LogP contribution in [-0.4, -0.2) is 21.8 Å². The zero-order valence-electron chi connectivity index (χ0n) is 9.59. The zero-order chi connectivity index (χ0) is 13.0. The first-order chi connectivity index (χ1) is 7.95. The molecule has 0 fully saturated rings. The highest BCUT2D eigenvalue weighted by Gasteiger charge is 2.22. The first kappa shape index (κ1) is 14.4. The molecule has 1 N–H and O–H groups in total. The number of halogens is 2. The molecule has 0 aliphatic carbocycles. The summed E-state index contributed by atoms with van der Waals surface area (Å²) in [5, 5.41) is 2.88.